The van der Waals surface area contributed by atoms with Gasteiger partial charge in [-0.15, -0.1) is 0 Å². The molecule has 4 heterocycles. The smallest absolute Gasteiger partial charge is 0.326 e. The molecule has 4 unspecified atom stereocenters. The zero-order valence-electron chi connectivity index (χ0n) is 39.6. The summed E-state index contributed by atoms with van der Waals surface area (Å²) in [5.74, 6) is -7.43. The van der Waals surface area contributed by atoms with Gasteiger partial charge in [0.05, 0.1) is 12.1 Å². The third kappa shape index (κ3) is 14.2. The van der Waals surface area contributed by atoms with Crippen LogP contribution in [0.1, 0.15) is 84.9 Å². The number of nitrogens with one attached hydrogen (secondary N) is 8. The Balaban J connectivity index is 1.03. The molecule has 0 aliphatic carbocycles. The molecule has 4 atom stereocenters. The molecule has 6 rings (SSSR count). The number of hydrogen-bond acceptors (Lipinski definition) is 18. The van der Waals surface area contributed by atoms with E-state index in [0.29, 0.717) is 37.1 Å². The second-order valence-corrected chi connectivity index (χ2v) is 17.3. The topological polar surface area (TPSA) is 440 Å². The minimum absolute atomic E-state index is 0.0178. The van der Waals surface area contributed by atoms with Crippen molar-refractivity contribution in [1.82, 2.24) is 30.6 Å². The van der Waals surface area contributed by atoms with Crippen LogP contribution in [0, 0.1) is 0 Å². The Kier molecular flexibility index (Phi) is 18.1. The molecule has 0 radical (unpaired) electrons. The van der Waals surface area contributed by atoms with Gasteiger partial charge in [0.15, 0.2) is 23.0 Å². The Morgan fingerprint density at radius 1 is 0.568 bits per heavy atom. The number of aromatic amines is 2. The van der Waals surface area contributed by atoms with E-state index in [2.05, 4.69) is 51.8 Å². The number of carbonyl (C=O) groups is 8. The van der Waals surface area contributed by atoms with Crippen molar-refractivity contribution >= 4 is 93.8 Å². The lowest BCUT2D eigenvalue weighted by Gasteiger charge is -2.37. The Hall–Kier alpha value is -9.24. The first-order chi connectivity index (χ1) is 35.3. The number of hydrogen-bond donors (Lipinski definition) is 14. The summed E-state index contributed by atoms with van der Waals surface area (Å²) in [6, 6.07) is 7.95. The van der Waals surface area contributed by atoms with Gasteiger partial charge in [0.2, 0.25) is 23.7 Å². The number of unbranched alkanes of at least 4 members (excludes halogenated alkanes) is 3. The van der Waals surface area contributed by atoms with Crippen molar-refractivity contribution in [1.29, 1.82) is 0 Å². The molecule has 2 aliphatic heterocycles. The molecule has 0 bridgehead atoms. The van der Waals surface area contributed by atoms with E-state index in [1.165, 1.54) is 34.1 Å². The second-order valence-electron chi connectivity index (χ2n) is 17.3. The Bertz CT molecular complexity index is 2680. The van der Waals surface area contributed by atoms with Crippen LogP contribution in [0.4, 0.5) is 46.3 Å². The fourth-order valence-corrected chi connectivity index (χ4v) is 8.25. The average molecular weight is 1030 g/mol. The van der Waals surface area contributed by atoms with Crippen molar-refractivity contribution in [3.63, 3.8) is 0 Å². The molecule has 4 aromatic rings. The number of fused-ring (bicyclic) bond motifs is 2. The number of nitrogen functional groups attached to an aromatic ring is 2. The van der Waals surface area contributed by atoms with Gasteiger partial charge in [0.25, 0.3) is 22.9 Å². The van der Waals surface area contributed by atoms with Crippen LogP contribution in [0.5, 0.6) is 0 Å². The number of rotatable bonds is 25. The van der Waals surface area contributed by atoms with E-state index in [-0.39, 0.29) is 110 Å². The Morgan fingerprint density at radius 2 is 0.932 bits per heavy atom. The predicted molar refractivity (Wildman–Crippen MR) is 267 cm³/mol. The normalized spacial score (nSPS) is 15.4. The molecule has 0 saturated carbocycles. The third-order valence-electron chi connectivity index (χ3n) is 12.0. The summed E-state index contributed by atoms with van der Waals surface area (Å²) in [6.07, 6.45) is 0.307. The lowest BCUT2D eigenvalue weighted by molar-refractivity contribution is -0.142. The van der Waals surface area contributed by atoms with E-state index in [1.54, 1.807) is 24.3 Å². The molecular formula is C46H56N14O14. The van der Waals surface area contributed by atoms with Crippen molar-refractivity contribution in [2.24, 2.45) is 0 Å². The highest BCUT2D eigenvalue weighted by Crippen LogP contribution is 2.30. The summed E-state index contributed by atoms with van der Waals surface area (Å²) in [5, 5.41) is 53.8. The number of benzene rings is 2. The molecular weight excluding hydrogens is 973 g/mol. The first-order valence-electron chi connectivity index (χ1n) is 23.4. The summed E-state index contributed by atoms with van der Waals surface area (Å²) in [6.45, 7) is 0.605. The molecule has 0 spiro atoms. The van der Waals surface area contributed by atoms with Crippen molar-refractivity contribution < 1.29 is 58.8 Å². The van der Waals surface area contributed by atoms with Crippen LogP contribution in [-0.4, -0.2) is 138 Å². The van der Waals surface area contributed by atoms with Crippen LogP contribution < -0.4 is 64.3 Å². The number of aromatic nitrogens is 4. The highest BCUT2D eigenvalue weighted by Gasteiger charge is 2.36. The number of amides is 4. The SMILES string of the molecule is Nc1nc2c(c(=O)[nH]1)N(C(=O)CCCCCCC(=O)N1c3c(nc(N)[nH]c3=O)NCC1CNc1ccc(C(=O)NC(CCC(=O)O)C(=O)O)cc1)C(CNc1ccc(C(=O)NC(CCC(=O)O)C(=O)O)cc1)CN2. The molecule has 2 aromatic heterocycles. The van der Waals surface area contributed by atoms with E-state index in [9.17, 15) is 58.2 Å². The van der Waals surface area contributed by atoms with Gasteiger partial charge in [-0.1, -0.05) is 12.8 Å². The number of nitrogens with zero attached hydrogens (tertiary/aromatic N) is 4. The summed E-state index contributed by atoms with van der Waals surface area (Å²) >= 11 is 0. The fourth-order valence-electron chi connectivity index (χ4n) is 8.25. The van der Waals surface area contributed by atoms with E-state index in [1.807, 2.05) is 0 Å². The van der Waals surface area contributed by atoms with Crippen molar-refractivity contribution in [3.8, 4) is 0 Å². The van der Waals surface area contributed by atoms with Gasteiger partial charge in [0.1, 0.15) is 12.1 Å². The molecule has 16 N–H and O–H groups in total. The molecule has 0 fully saturated rings. The van der Waals surface area contributed by atoms with Crippen LogP contribution in [0.2, 0.25) is 0 Å². The lowest BCUT2D eigenvalue weighted by Crippen LogP contribution is -2.53. The lowest BCUT2D eigenvalue weighted by atomic mass is 10.1. The Morgan fingerprint density at radius 3 is 1.27 bits per heavy atom. The number of carboxylic acids is 4. The summed E-state index contributed by atoms with van der Waals surface area (Å²) in [4.78, 5) is 141. The monoisotopic (exact) mass is 1030 g/mol. The van der Waals surface area contributed by atoms with Crippen molar-refractivity contribution in [3.05, 3.63) is 80.4 Å². The number of nitrogens with two attached hydrogens (primary N) is 2. The molecule has 394 valence electrons. The number of anilines is 8. The van der Waals surface area contributed by atoms with Crippen LogP contribution in [0.3, 0.4) is 0 Å². The van der Waals surface area contributed by atoms with Gasteiger partial charge in [-0.05, 0) is 74.2 Å². The van der Waals surface area contributed by atoms with E-state index >= 15 is 0 Å². The number of aliphatic carboxylic acids is 4. The molecule has 4 amide bonds. The van der Waals surface area contributed by atoms with Crippen molar-refractivity contribution in [2.45, 2.75) is 88.4 Å². The molecule has 2 aromatic carbocycles. The van der Waals surface area contributed by atoms with Crippen LogP contribution in [-0.2, 0) is 28.8 Å². The van der Waals surface area contributed by atoms with Gasteiger partial charge in [0, 0.05) is 74.4 Å². The van der Waals surface area contributed by atoms with Gasteiger partial charge < -0.3 is 63.8 Å². The maximum Gasteiger partial charge on any atom is 0.326 e. The second kappa shape index (κ2) is 24.7. The molecule has 2 aliphatic rings. The van der Waals surface area contributed by atoms with Crippen molar-refractivity contribution in [2.75, 3.05) is 68.7 Å². The average Bonchev–Trinajstić information content (AvgIpc) is 3.35. The van der Waals surface area contributed by atoms with E-state index in [4.69, 9.17) is 21.7 Å². The Labute approximate surface area is 419 Å². The number of carbonyl (C=O) groups excluding carboxylic acids is 4. The number of H-pyrrole nitrogens is 2. The zero-order chi connectivity index (χ0) is 53.6. The predicted octanol–water partition coefficient (Wildman–Crippen LogP) is 0.632. The molecule has 28 heteroatoms. The van der Waals surface area contributed by atoms with Gasteiger partial charge in [-0.3, -0.25) is 58.1 Å². The van der Waals surface area contributed by atoms with Crippen LogP contribution in [0.15, 0.2) is 58.1 Å². The van der Waals surface area contributed by atoms with Gasteiger partial charge in [-0.2, -0.15) is 9.97 Å². The molecule has 0 saturated heterocycles. The highest BCUT2D eigenvalue weighted by atomic mass is 16.4. The quantitative estimate of drug-likeness (QED) is 0.0405. The van der Waals surface area contributed by atoms with Crippen LogP contribution in [0.25, 0.3) is 0 Å². The number of carboxylic acid groups (broad SMARTS) is 4. The maximum atomic E-state index is 14.0. The molecule has 74 heavy (non-hydrogen) atoms. The zero-order valence-corrected chi connectivity index (χ0v) is 39.6. The van der Waals surface area contributed by atoms with Crippen LogP contribution >= 0.6 is 0 Å². The minimum Gasteiger partial charge on any atom is -0.481 e. The van der Waals surface area contributed by atoms with Gasteiger partial charge >= 0.3 is 23.9 Å². The van der Waals surface area contributed by atoms with E-state index in [0.717, 1.165) is 0 Å². The minimum atomic E-state index is -1.41. The largest absolute Gasteiger partial charge is 0.481 e. The van der Waals surface area contributed by atoms with E-state index < -0.39 is 83.8 Å². The fraction of sp³-hybridized carbons (Fsp3) is 0.391. The molecule has 28 nitrogen and oxygen atoms in total. The maximum absolute atomic E-state index is 14.0. The summed E-state index contributed by atoms with van der Waals surface area (Å²) < 4.78 is 0. The first-order valence-corrected chi connectivity index (χ1v) is 23.4. The third-order valence-corrected chi connectivity index (χ3v) is 12.0. The standard InChI is InChI=1S/C46H56N14O14/c47-45-55-37-35(41(69)57-45)59(27(21-51-37)19-49-25-11-7-23(8-12-25)39(67)53-29(43(71)72)15-17-33(63)64)31(61)5-3-1-2-4-6-32(62)60-28(22-52-38-36(60)42(70)58-46(48)56-38)20-50-26-13-9-24(10-14-26)40(68)54-30(44(73)74)16-18-34(65)66/h7-14,27-30,49-50H,1-6,15-22H2,(H,53,67)(H,54,68)(H,63,64)(H,65,66)(H,71,72)(H,73,74)(H4,47,51,55,57,69)(H4,48,52,56,58,70). The highest BCUT2D eigenvalue weighted by molar-refractivity contribution is 6.00. The van der Waals surface area contributed by atoms with Gasteiger partial charge in [-0.25, -0.2) is 9.59 Å². The summed E-state index contributed by atoms with van der Waals surface area (Å²) in [7, 11) is 0. The summed E-state index contributed by atoms with van der Waals surface area (Å²) in [5.41, 5.74) is 11.6. The first kappa shape index (κ1) is 54.1.